The number of hydrogen-bond acceptors (Lipinski definition) is 6. The third-order valence-electron chi connectivity index (χ3n) is 6.89. The molecule has 0 fully saturated rings. The van der Waals surface area contributed by atoms with Gasteiger partial charge in [0.1, 0.15) is 29.2 Å². The Morgan fingerprint density at radius 3 is 2.57 bits per heavy atom. The number of carbonyl (C=O) groups excluding carboxylic acids is 1. The number of nitrogens with zero attached hydrogens (tertiary/aromatic N) is 4. The molecule has 0 radical (unpaired) electrons. The van der Waals surface area contributed by atoms with E-state index in [1.165, 1.54) is 37.1 Å². The summed E-state index contributed by atoms with van der Waals surface area (Å²) in [7, 11) is 3.07. The molecule has 11 heteroatoms. The largest absolute Gasteiger partial charge is 0.369 e. The number of alkyl halides is 2. The van der Waals surface area contributed by atoms with Gasteiger partial charge < -0.3 is 15.0 Å². The van der Waals surface area contributed by atoms with Crippen molar-refractivity contribution in [3.05, 3.63) is 75.2 Å². The van der Waals surface area contributed by atoms with Gasteiger partial charge in [0.15, 0.2) is 0 Å². The van der Waals surface area contributed by atoms with Crippen molar-refractivity contribution in [1.82, 2.24) is 19.4 Å². The average molecular weight is 516 g/mol. The number of pyridine rings is 1. The molecule has 0 saturated heterocycles. The summed E-state index contributed by atoms with van der Waals surface area (Å²) in [6.07, 6.45) is 0.426. The average Bonchev–Trinajstić information content (AvgIpc) is 2.85. The Balaban J connectivity index is 1.83. The first kappa shape index (κ1) is 26.3. The third kappa shape index (κ3) is 4.59. The number of ether oxygens (including phenoxy) is 1. The molecule has 0 aliphatic carbocycles. The van der Waals surface area contributed by atoms with Crippen LogP contribution in [0.15, 0.2) is 47.2 Å². The van der Waals surface area contributed by atoms with Gasteiger partial charge in [-0.15, -0.1) is 0 Å². The monoisotopic (exact) mass is 515 g/mol. The van der Waals surface area contributed by atoms with Crippen LogP contribution in [0.2, 0.25) is 0 Å². The van der Waals surface area contributed by atoms with E-state index in [-0.39, 0.29) is 17.0 Å². The molecule has 4 rings (SSSR count). The van der Waals surface area contributed by atoms with Gasteiger partial charge in [-0.05, 0) is 26.0 Å². The predicted octanol–water partition coefficient (Wildman–Crippen LogP) is 4.58. The molecular weight excluding hydrogens is 487 g/mol. The molecule has 1 N–H and O–H groups in total. The minimum Gasteiger partial charge on any atom is -0.369 e. The number of benzene rings is 1. The van der Waals surface area contributed by atoms with Gasteiger partial charge in [0.25, 0.3) is 12.0 Å². The highest BCUT2D eigenvalue weighted by Gasteiger charge is 2.38. The molecule has 1 aromatic carbocycles. The normalized spacial score (nSPS) is 18.7. The second-order valence-electron chi connectivity index (χ2n) is 9.10. The molecule has 0 saturated carbocycles. The van der Waals surface area contributed by atoms with Crippen LogP contribution in [0.5, 0.6) is 0 Å². The van der Waals surface area contributed by atoms with Crippen molar-refractivity contribution >= 4 is 22.8 Å². The SMILES string of the molecule is CO[C@]1(c2cc3c(N[C@H](C)c4cccc(C(F)F)c4F)ncnc3n(C)c2=O)C=C(C)N(C(C)=O)CC1. The Morgan fingerprint density at radius 1 is 1.24 bits per heavy atom. The lowest BCUT2D eigenvalue weighted by atomic mass is 9.86. The van der Waals surface area contributed by atoms with E-state index in [9.17, 15) is 22.8 Å². The number of carbonyl (C=O) groups is 1. The van der Waals surface area contributed by atoms with Gasteiger partial charge in [0.2, 0.25) is 5.91 Å². The molecule has 1 aliphatic heterocycles. The van der Waals surface area contributed by atoms with Crippen molar-refractivity contribution in [2.75, 3.05) is 19.0 Å². The Bertz CT molecular complexity index is 1460. The van der Waals surface area contributed by atoms with Gasteiger partial charge >= 0.3 is 0 Å². The number of halogens is 3. The molecule has 2 atom stereocenters. The number of hydrogen-bond donors (Lipinski definition) is 1. The second-order valence-corrected chi connectivity index (χ2v) is 9.10. The topological polar surface area (TPSA) is 89.3 Å². The minimum atomic E-state index is -2.94. The summed E-state index contributed by atoms with van der Waals surface area (Å²) in [5.74, 6) is -0.800. The van der Waals surface area contributed by atoms with Crippen LogP contribution in [0.3, 0.4) is 0 Å². The maximum Gasteiger partial charge on any atom is 0.266 e. The van der Waals surface area contributed by atoms with Crippen LogP contribution in [0.4, 0.5) is 19.0 Å². The number of allylic oxidation sites excluding steroid dienone is 1. The fraction of sp³-hybridized carbons (Fsp3) is 0.385. The highest BCUT2D eigenvalue weighted by atomic mass is 19.3. The first-order valence-electron chi connectivity index (χ1n) is 11.7. The first-order valence-corrected chi connectivity index (χ1v) is 11.7. The number of aryl methyl sites for hydroxylation is 1. The molecule has 0 bridgehead atoms. The molecule has 8 nitrogen and oxygen atoms in total. The zero-order valence-corrected chi connectivity index (χ0v) is 21.2. The quantitative estimate of drug-likeness (QED) is 0.517. The van der Waals surface area contributed by atoms with Crippen LogP contribution in [0.25, 0.3) is 11.0 Å². The highest BCUT2D eigenvalue weighted by Crippen LogP contribution is 2.37. The maximum atomic E-state index is 14.8. The number of aromatic nitrogens is 3. The van der Waals surface area contributed by atoms with Gasteiger partial charge in [0, 0.05) is 45.3 Å². The molecule has 0 spiro atoms. The van der Waals surface area contributed by atoms with E-state index in [2.05, 4.69) is 15.3 Å². The number of rotatable bonds is 6. The standard InChI is InChI=1S/C26H28F3N5O3/c1-14-12-26(37-5,9-10-34(14)16(3)35)20-11-19-23(30-13-31-24(19)33(4)25(20)36)32-15(2)17-7-6-8-18(21(17)27)22(28)29/h6-8,11-13,15,22H,9-10H2,1-5H3,(H,30,31,32)/t15-,26+/m1/s1. The summed E-state index contributed by atoms with van der Waals surface area (Å²) < 4.78 is 48.5. The number of amides is 1. The van der Waals surface area contributed by atoms with Crippen LogP contribution in [0, 0.1) is 5.82 Å². The van der Waals surface area contributed by atoms with Gasteiger partial charge in [-0.3, -0.25) is 14.2 Å². The van der Waals surface area contributed by atoms with Crippen molar-refractivity contribution in [1.29, 1.82) is 0 Å². The summed E-state index contributed by atoms with van der Waals surface area (Å²) in [4.78, 5) is 35.6. The van der Waals surface area contributed by atoms with Crippen molar-refractivity contribution in [3.8, 4) is 0 Å². The lowest BCUT2D eigenvalue weighted by Gasteiger charge is -2.38. The van der Waals surface area contributed by atoms with E-state index in [4.69, 9.17) is 4.74 Å². The van der Waals surface area contributed by atoms with Crippen LogP contribution >= 0.6 is 0 Å². The predicted molar refractivity (Wildman–Crippen MR) is 133 cm³/mol. The number of nitrogens with one attached hydrogen (secondary N) is 1. The summed E-state index contributed by atoms with van der Waals surface area (Å²) in [6, 6.07) is 4.77. The fourth-order valence-electron chi connectivity index (χ4n) is 4.87. The molecule has 3 aromatic rings. The first-order chi connectivity index (χ1) is 17.5. The van der Waals surface area contributed by atoms with E-state index in [1.807, 2.05) is 0 Å². The molecule has 1 aliphatic rings. The van der Waals surface area contributed by atoms with Crippen LogP contribution < -0.4 is 10.9 Å². The van der Waals surface area contributed by atoms with Gasteiger partial charge in [-0.2, -0.15) is 0 Å². The van der Waals surface area contributed by atoms with Crippen LogP contribution in [0.1, 0.15) is 56.3 Å². The summed E-state index contributed by atoms with van der Waals surface area (Å²) in [5.41, 5.74) is -0.744. The van der Waals surface area contributed by atoms with Crippen LogP contribution in [-0.4, -0.2) is 39.0 Å². The lowest BCUT2D eigenvalue weighted by Crippen LogP contribution is -2.44. The molecule has 1 amide bonds. The smallest absolute Gasteiger partial charge is 0.266 e. The van der Waals surface area contributed by atoms with Gasteiger partial charge in [-0.25, -0.2) is 23.1 Å². The highest BCUT2D eigenvalue weighted by molar-refractivity contribution is 5.87. The van der Waals surface area contributed by atoms with Crippen molar-refractivity contribution in [2.45, 2.75) is 45.3 Å². The summed E-state index contributed by atoms with van der Waals surface area (Å²) >= 11 is 0. The third-order valence-corrected chi connectivity index (χ3v) is 6.89. The van der Waals surface area contributed by atoms with E-state index in [0.29, 0.717) is 41.1 Å². The van der Waals surface area contributed by atoms with Crippen molar-refractivity contribution in [3.63, 3.8) is 0 Å². The molecule has 0 unspecified atom stereocenters. The number of fused-ring (bicyclic) bond motifs is 1. The fourth-order valence-corrected chi connectivity index (χ4v) is 4.87. The molecule has 196 valence electrons. The van der Waals surface area contributed by atoms with E-state index in [0.717, 1.165) is 6.07 Å². The van der Waals surface area contributed by atoms with Crippen molar-refractivity contribution in [2.24, 2.45) is 7.05 Å². The Morgan fingerprint density at radius 2 is 1.95 bits per heavy atom. The van der Waals surface area contributed by atoms with E-state index < -0.39 is 29.4 Å². The van der Waals surface area contributed by atoms with Crippen LogP contribution in [-0.2, 0) is 22.2 Å². The Kier molecular flexibility index (Phi) is 7.09. The van der Waals surface area contributed by atoms with Gasteiger partial charge in [0.05, 0.1) is 22.6 Å². The summed E-state index contributed by atoms with van der Waals surface area (Å²) in [6.45, 7) is 5.24. The zero-order chi connectivity index (χ0) is 27.1. The van der Waals surface area contributed by atoms with Crippen molar-refractivity contribution < 1.29 is 22.7 Å². The number of anilines is 1. The zero-order valence-electron chi connectivity index (χ0n) is 21.2. The molecule has 37 heavy (non-hydrogen) atoms. The maximum absolute atomic E-state index is 14.8. The Labute approximate surface area is 211 Å². The van der Waals surface area contributed by atoms with E-state index >= 15 is 0 Å². The molecular formula is C26H28F3N5O3. The summed E-state index contributed by atoms with van der Waals surface area (Å²) in [5, 5.41) is 3.55. The van der Waals surface area contributed by atoms with Gasteiger partial charge in [-0.1, -0.05) is 18.2 Å². The van der Waals surface area contributed by atoms with E-state index in [1.54, 1.807) is 37.9 Å². The molecule has 2 aromatic heterocycles. The minimum absolute atomic E-state index is 0.0538. The molecule has 3 heterocycles. The Hall–Kier alpha value is -3.73. The second kappa shape index (κ2) is 9.97. The lowest BCUT2D eigenvalue weighted by molar-refractivity contribution is -0.128. The number of methoxy groups -OCH3 is 1.